The van der Waals surface area contributed by atoms with Crippen molar-refractivity contribution in [3.8, 4) is 0 Å². The average Bonchev–Trinajstić information content (AvgIpc) is 2.55. The molecule has 0 radical (unpaired) electrons. The molecule has 0 heterocycles. The van der Waals surface area contributed by atoms with E-state index >= 15 is 0 Å². The Kier molecular flexibility index (Phi) is 6.29. The molecule has 0 atom stereocenters. The molecule has 2 aromatic carbocycles. The van der Waals surface area contributed by atoms with E-state index in [1.807, 2.05) is 67.5 Å². The Labute approximate surface area is 142 Å². The van der Waals surface area contributed by atoms with Gasteiger partial charge in [-0.15, -0.1) is 0 Å². The van der Waals surface area contributed by atoms with E-state index in [9.17, 15) is 4.79 Å². The van der Waals surface area contributed by atoms with Crippen molar-refractivity contribution in [2.75, 3.05) is 30.9 Å². The zero-order valence-corrected chi connectivity index (χ0v) is 14.2. The van der Waals surface area contributed by atoms with Crippen LogP contribution in [-0.4, -0.2) is 26.5 Å². The van der Waals surface area contributed by atoms with E-state index in [4.69, 9.17) is 11.6 Å². The molecule has 2 rings (SSSR count). The topological polar surface area (TPSA) is 44.4 Å². The number of hydrogen-bond donors (Lipinski definition) is 2. The van der Waals surface area contributed by atoms with Crippen LogP contribution >= 0.6 is 11.6 Å². The highest BCUT2D eigenvalue weighted by Crippen LogP contribution is 2.15. The molecular formula is C18H22ClN3O. The summed E-state index contributed by atoms with van der Waals surface area (Å²) >= 11 is 5.83. The summed E-state index contributed by atoms with van der Waals surface area (Å²) in [5, 5.41) is 6.85. The Morgan fingerprint density at radius 1 is 1.04 bits per heavy atom. The number of carbonyl (C=O) groups excluding carboxylic acids is 1. The quantitative estimate of drug-likeness (QED) is 0.816. The van der Waals surface area contributed by atoms with Crippen LogP contribution in [0.1, 0.15) is 12.0 Å². The van der Waals surface area contributed by atoms with Crippen LogP contribution in [0.15, 0.2) is 48.5 Å². The maximum atomic E-state index is 11.8. The maximum absolute atomic E-state index is 11.8. The van der Waals surface area contributed by atoms with Gasteiger partial charge in [-0.1, -0.05) is 23.7 Å². The van der Waals surface area contributed by atoms with Gasteiger partial charge in [0.25, 0.3) is 0 Å². The molecule has 0 aromatic heterocycles. The molecule has 0 aliphatic carbocycles. The molecule has 23 heavy (non-hydrogen) atoms. The minimum Gasteiger partial charge on any atom is -0.385 e. The van der Waals surface area contributed by atoms with Gasteiger partial charge in [0.2, 0.25) is 5.91 Å². The number of carbonyl (C=O) groups is 1. The van der Waals surface area contributed by atoms with Gasteiger partial charge in [-0.25, -0.2) is 0 Å². The minimum atomic E-state index is 0.0253. The predicted molar refractivity (Wildman–Crippen MR) is 97.2 cm³/mol. The molecule has 122 valence electrons. The second-order valence-electron chi connectivity index (χ2n) is 5.52. The number of nitrogens with one attached hydrogen (secondary N) is 2. The van der Waals surface area contributed by atoms with E-state index in [2.05, 4.69) is 10.6 Å². The standard InChI is InChI=1S/C18H22ClN3O/c1-22(2)17-9-7-16(8-10-17)20-12-11-18(23)21-13-14-3-5-15(19)6-4-14/h3-10,20H,11-13H2,1-2H3,(H,21,23). The van der Waals surface area contributed by atoms with Crippen molar-refractivity contribution in [3.05, 3.63) is 59.1 Å². The van der Waals surface area contributed by atoms with E-state index in [0.717, 1.165) is 16.9 Å². The van der Waals surface area contributed by atoms with Gasteiger partial charge in [0.1, 0.15) is 0 Å². The first kappa shape index (κ1) is 17.2. The Morgan fingerprint density at radius 3 is 2.30 bits per heavy atom. The Bertz CT molecular complexity index is 624. The van der Waals surface area contributed by atoms with Gasteiger partial charge in [0.05, 0.1) is 0 Å². The third kappa shape index (κ3) is 5.83. The molecule has 0 aliphatic heterocycles. The third-order valence-corrected chi connectivity index (χ3v) is 3.72. The van der Waals surface area contributed by atoms with Crippen LogP contribution in [0.4, 0.5) is 11.4 Å². The Hall–Kier alpha value is -2.20. The zero-order chi connectivity index (χ0) is 16.7. The fourth-order valence-electron chi connectivity index (χ4n) is 2.09. The van der Waals surface area contributed by atoms with Gasteiger partial charge >= 0.3 is 0 Å². The molecular weight excluding hydrogens is 310 g/mol. The number of halogens is 1. The molecule has 0 unspecified atom stereocenters. The average molecular weight is 332 g/mol. The van der Waals surface area contributed by atoms with Gasteiger partial charge in [-0.05, 0) is 42.0 Å². The summed E-state index contributed by atoms with van der Waals surface area (Å²) in [6.45, 7) is 1.13. The van der Waals surface area contributed by atoms with Gasteiger partial charge in [0, 0.05) is 50.0 Å². The van der Waals surface area contributed by atoms with Crippen molar-refractivity contribution < 1.29 is 4.79 Å². The monoisotopic (exact) mass is 331 g/mol. The number of nitrogens with zero attached hydrogens (tertiary/aromatic N) is 1. The summed E-state index contributed by atoms with van der Waals surface area (Å²) in [6.07, 6.45) is 0.434. The van der Waals surface area contributed by atoms with Crippen LogP contribution in [0.3, 0.4) is 0 Å². The van der Waals surface area contributed by atoms with Crippen molar-refractivity contribution in [2.24, 2.45) is 0 Å². The number of amides is 1. The molecule has 5 heteroatoms. The van der Waals surface area contributed by atoms with Crippen molar-refractivity contribution >= 4 is 28.9 Å². The summed E-state index contributed by atoms with van der Waals surface area (Å²) in [6, 6.07) is 15.6. The Balaban J connectivity index is 1.69. The van der Waals surface area contributed by atoms with E-state index in [0.29, 0.717) is 24.5 Å². The summed E-state index contributed by atoms with van der Waals surface area (Å²) in [4.78, 5) is 13.9. The van der Waals surface area contributed by atoms with Gasteiger partial charge in [-0.3, -0.25) is 4.79 Å². The molecule has 2 N–H and O–H groups in total. The molecule has 0 fully saturated rings. The van der Waals surface area contributed by atoms with Crippen molar-refractivity contribution in [2.45, 2.75) is 13.0 Å². The van der Waals surface area contributed by atoms with Crippen LogP contribution in [0.2, 0.25) is 5.02 Å². The highest BCUT2D eigenvalue weighted by Gasteiger charge is 2.02. The van der Waals surface area contributed by atoms with E-state index < -0.39 is 0 Å². The van der Waals surface area contributed by atoms with Crippen LogP contribution in [0.5, 0.6) is 0 Å². The lowest BCUT2D eigenvalue weighted by atomic mass is 10.2. The minimum absolute atomic E-state index is 0.0253. The molecule has 1 amide bonds. The molecule has 0 saturated heterocycles. The molecule has 0 aliphatic rings. The highest BCUT2D eigenvalue weighted by molar-refractivity contribution is 6.30. The molecule has 0 saturated carbocycles. The molecule has 0 spiro atoms. The first-order valence-electron chi connectivity index (χ1n) is 7.57. The normalized spacial score (nSPS) is 10.2. The number of hydrogen-bond acceptors (Lipinski definition) is 3. The fourth-order valence-corrected chi connectivity index (χ4v) is 2.22. The van der Waals surface area contributed by atoms with Crippen molar-refractivity contribution in [1.82, 2.24) is 5.32 Å². The van der Waals surface area contributed by atoms with Gasteiger partial charge < -0.3 is 15.5 Å². The van der Waals surface area contributed by atoms with Crippen LogP contribution < -0.4 is 15.5 Å². The second-order valence-corrected chi connectivity index (χ2v) is 5.96. The zero-order valence-electron chi connectivity index (χ0n) is 13.5. The molecule has 0 bridgehead atoms. The lowest BCUT2D eigenvalue weighted by Crippen LogP contribution is -2.24. The van der Waals surface area contributed by atoms with Crippen molar-refractivity contribution in [3.63, 3.8) is 0 Å². The first-order chi connectivity index (χ1) is 11.0. The van der Waals surface area contributed by atoms with E-state index in [1.165, 1.54) is 0 Å². The van der Waals surface area contributed by atoms with Crippen LogP contribution in [0, 0.1) is 0 Å². The van der Waals surface area contributed by atoms with E-state index in [-0.39, 0.29) is 5.91 Å². The SMILES string of the molecule is CN(C)c1ccc(NCCC(=O)NCc2ccc(Cl)cc2)cc1. The first-order valence-corrected chi connectivity index (χ1v) is 7.95. The fraction of sp³-hybridized carbons (Fsp3) is 0.278. The highest BCUT2D eigenvalue weighted by atomic mass is 35.5. The number of anilines is 2. The molecule has 2 aromatic rings. The number of benzene rings is 2. The largest absolute Gasteiger partial charge is 0.385 e. The molecule has 4 nitrogen and oxygen atoms in total. The predicted octanol–water partition coefficient (Wildman–Crippen LogP) is 3.52. The second kappa shape index (κ2) is 8.44. The van der Waals surface area contributed by atoms with Gasteiger partial charge in [0.15, 0.2) is 0 Å². The van der Waals surface area contributed by atoms with Crippen LogP contribution in [0.25, 0.3) is 0 Å². The summed E-state index contributed by atoms with van der Waals surface area (Å²) in [7, 11) is 4.01. The Morgan fingerprint density at radius 2 is 1.70 bits per heavy atom. The third-order valence-electron chi connectivity index (χ3n) is 3.47. The maximum Gasteiger partial charge on any atom is 0.222 e. The van der Waals surface area contributed by atoms with Gasteiger partial charge in [-0.2, -0.15) is 0 Å². The summed E-state index contributed by atoms with van der Waals surface area (Å²) in [5.41, 5.74) is 3.20. The van der Waals surface area contributed by atoms with E-state index in [1.54, 1.807) is 0 Å². The van der Waals surface area contributed by atoms with Crippen molar-refractivity contribution in [1.29, 1.82) is 0 Å². The summed E-state index contributed by atoms with van der Waals surface area (Å²) in [5.74, 6) is 0.0253. The lowest BCUT2D eigenvalue weighted by Gasteiger charge is -2.13. The summed E-state index contributed by atoms with van der Waals surface area (Å²) < 4.78 is 0. The van der Waals surface area contributed by atoms with Crippen LogP contribution in [-0.2, 0) is 11.3 Å². The lowest BCUT2D eigenvalue weighted by molar-refractivity contribution is -0.121. The number of rotatable bonds is 7. The smallest absolute Gasteiger partial charge is 0.222 e.